The minimum Gasteiger partial charge on any atom is -0.510 e. The summed E-state index contributed by atoms with van der Waals surface area (Å²) in [7, 11) is -8.54. The molecule has 0 spiro atoms. The molecule has 0 N–H and O–H groups in total. The highest BCUT2D eigenvalue weighted by atomic mass is 35.5. The average molecular weight is 421 g/mol. The molecule has 12 nitrogen and oxygen atoms in total. The number of halogens is 5. The Morgan fingerprint density at radius 3 is 1.20 bits per heavy atom. The van der Waals surface area contributed by atoms with Gasteiger partial charge in [0.1, 0.15) is 18.6 Å². The normalized spacial score (nSPS) is 40.0. The van der Waals surface area contributed by atoms with Crippen LogP contribution in [0.1, 0.15) is 0 Å². The topological polar surface area (TPSA) is 130 Å². The van der Waals surface area contributed by atoms with Gasteiger partial charge in [0.25, 0.3) is 0 Å². The van der Waals surface area contributed by atoms with Gasteiger partial charge in [-0.05, 0) is 0 Å². The van der Waals surface area contributed by atoms with Gasteiger partial charge in [0.15, 0.2) is 15.5 Å². The van der Waals surface area contributed by atoms with E-state index in [1.807, 2.05) is 0 Å². The van der Waals surface area contributed by atoms with Crippen LogP contribution in [-0.2, 0) is 28.5 Å². The second kappa shape index (κ2) is 8.17. The first-order valence-corrected chi connectivity index (χ1v) is 6.96. The van der Waals surface area contributed by atoms with Gasteiger partial charge in [-0.15, -0.1) is 30.9 Å². The summed E-state index contributed by atoms with van der Waals surface area (Å²) in [4.78, 5) is 0. The van der Waals surface area contributed by atoms with Gasteiger partial charge in [-0.1, -0.05) is 34.8 Å². The minimum absolute atomic E-state index is 0.582. The highest BCUT2D eigenvalue weighted by molar-refractivity contribution is 6.81. The summed E-state index contributed by atoms with van der Waals surface area (Å²) in [6.45, 7) is 0. The molecule has 0 aromatic carbocycles. The Labute approximate surface area is 151 Å². The fourth-order valence-corrected chi connectivity index (χ4v) is 1.20. The van der Waals surface area contributed by atoms with Crippen LogP contribution >= 0.6 is 34.8 Å². The number of rotatable bonds is 0. The Morgan fingerprint density at radius 2 is 0.880 bits per heavy atom. The van der Waals surface area contributed by atoms with Crippen LogP contribution in [0, 0.1) is 0 Å². The minimum atomic E-state index is -4.32. The zero-order chi connectivity index (χ0) is 18.3. The molecular formula is C6H3B2Cl3F2N6O6-2. The number of fused-ring (bicyclic) bond motifs is 9. The molecule has 0 atom stereocenters. The summed E-state index contributed by atoms with van der Waals surface area (Å²) in [6, 6.07) is 0. The molecule has 0 fully saturated rings. The van der Waals surface area contributed by atoms with E-state index in [1.165, 1.54) is 0 Å². The van der Waals surface area contributed by atoms with Crippen LogP contribution in [0.3, 0.4) is 0 Å². The van der Waals surface area contributed by atoms with Crippen LogP contribution < -0.4 is 0 Å². The van der Waals surface area contributed by atoms with E-state index in [0.717, 1.165) is 0 Å². The Balaban J connectivity index is 2.49. The third-order valence-electron chi connectivity index (χ3n) is 1.84. The first-order valence-electron chi connectivity index (χ1n) is 5.82. The van der Waals surface area contributed by atoms with Crippen LogP contribution in [0.15, 0.2) is 30.9 Å². The average Bonchev–Trinajstić information content (AvgIpc) is 2.55. The van der Waals surface area contributed by atoms with E-state index < -0.39 is 29.6 Å². The fraction of sp³-hybridized carbons (Fsp3) is 0. The van der Waals surface area contributed by atoms with Crippen LogP contribution in [-0.4, -0.2) is 48.2 Å². The number of nitrogens with zero attached hydrogens (tertiary/aromatic N) is 6. The Morgan fingerprint density at radius 1 is 0.600 bits per heavy atom. The van der Waals surface area contributed by atoms with Crippen molar-refractivity contribution in [3.63, 3.8) is 0 Å². The monoisotopic (exact) mass is 420 g/mol. The second-order valence-electron chi connectivity index (χ2n) is 3.69. The zero-order valence-electron chi connectivity index (χ0n) is 11.4. The molecule has 136 valence electrons. The lowest BCUT2D eigenvalue weighted by Gasteiger charge is -2.27. The summed E-state index contributed by atoms with van der Waals surface area (Å²) < 4.78 is 54.4. The fourth-order valence-electron chi connectivity index (χ4n) is 0.966. The molecule has 25 heavy (non-hydrogen) atoms. The molecule has 2 bridgehead atoms. The van der Waals surface area contributed by atoms with Gasteiger partial charge >= 0.3 is 14.1 Å². The molecule has 0 unspecified atom stereocenters. The lowest BCUT2D eigenvalue weighted by molar-refractivity contribution is 0.0230. The van der Waals surface area contributed by atoms with E-state index in [1.54, 1.807) is 0 Å². The Hall–Kier alpha value is -2.32. The van der Waals surface area contributed by atoms with Crippen LogP contribution in [0.2, 0.25) is 0 Å². The van der Waals surface area contributed by atoms with E-state index in [9.17, 15) is 8.63 Å². The molecule has 3 heterocycles. The van der Waals surface area contributed by atoms with Gasteiger partial charge in [0, 0.05) is 0 Å². The molecule has 0 saturated carbocycles. The number of oxime groups is 6. The summed E-state index contributed by atoms with van der Waals surface area (Å²) in [5.74, 6) is 0. The molecule has 0 aromatic heterocycles. The molecule has 3 aliphatic heterocycles. The van der Waals surface area contributed by atoms with Gasteiger partial charge in [-0.3, -0.25) is 0 Å². The maximum absolute atomic E-state index is 14.4. The summed E-state index contributed by atoms with van der Waals surface area (Å²) in [5, 5.41) is 16.2. The van der Waals surface area contributed by atoms with Crippen LogP contribution in [0.4, 0.5) is 8.63 Å². The molecule has 0 radical (unpaired) electrons. The summed E-state index contributed by atoms with van der Waals surface area (Å²) in [6.07, 6.45) is 1.74. The molecule has 19 heteroatoms. The van der Waals surface area contributed by atoms with Gasteiger partial charge in [-0.2, -0.15) is 0 Å². The molecule has 0 amide bonds. The molecule has 0 aliphatic carbocycles. The van der Waals surface area contributed by atoms with Crippen LogP contribution in [0.25, 0.3) is 0 Å². The highest BCUT2D eigenvalue weighted by Crippen LogP contribution is 2.17. The summed E-state index contributed by atoms with van der Waals surface area (Å²) >= 11 is 16.5. The molecule has 3 aliphatic rings. The van der Waals surface area contributed by atoms with Gasteiger partial charge in [0.2, 0.25) is 0 Å². The van der Waals surface area contributed by atoms with Crippen molar-refractivity contribution < 1.29 is 37.2 Å². The highest BCUT2D eigenvalue weighted by Gasteiger charge is 2.42. The maximum atomic E-state index is 14.4. The number of hydrogen-bond donors (Lipinski definition) is 0. The predicted octanol–water partition coefficient (Wildman–Crippen LogP) is 1.54. The largest absolute Gasteiger partial charge is 0.812 e. The van der Waals surface area contributed by atoms with Crippen LogP contribution in [0.5, 0.6) is 0 Å². The van der Waals surface area contributed by atoms with E-state index in [0.29, 0.717) is 18.6 Å². The third-order valence-corrected chi connectivity index (χ3v) is 2.34. The van der Waals surface area contributed by atoms with E-state index in [4.69, 9.17) is 34.8 Å². The van der Waals surface area contributed by atoms with Crippen molar-refractivity contribution in [3.8, 4) is 0 Å². The van der Waals surface area contributed by atoms with Gasteiger partial charge in [-0.25, -0.2) is 0 Å². The number of hydrogen-bond acceptors (Lipinski definition) is 12. The van der Waals surface area contributed by atoms with Gasteiger partial charge < -0.3 is 37.2 Å². The zero-order valence-corrected chi connectivity index (χ0v) is 13.7. The first kappa shape index (κ1) is 19.0. The van der Waals surface area contributed by atoms with Crippen molar-refractivity contribution in [3.05, 3.63) is 0 Å². The molecule has 3 rings (SSSR count). The predicted molar refractivity (Wildman–Crippen MR) is 85.6 cm³/mol. The SMILES string of the molecule is F[B-]12O/N=C\C(Cl)=N\O[B-](F)(O/N=C(Cl)\C=N\O1)O/N=C(Cl)\C=N\O2. The molecular weight excluding hydrogens is 418 g/mol. The standard InChI is InChI=1S/C6H3B2Cl3F2N6O6/c9-4-1-14-20-7(12)21-15-2-5(10)18-24-8(13,23-17-4)25-19-6(11)3-16-22-7/h1-3H/q-2/b14-1-,15-2+,16-3+,17-4-,18-5+,19-6+. The quantitative estimate of drug-likeness (QED) is 0.546. The van der Waals surface area contributed by atoms with Crippen molar-refractivity contribution in [2.75, 3.05) is 0 Å². The van der Waals surface area contributed by atoms with Crippen molar-refractivity contribution in [1.82, 2.24) is 0 Å². The van der Waals surface area contributed by atoms with Crippen molar-refractivity contribution in [2.45, 2.75) is 0 Å². The first-order chi connectivity index (χ1) is 11.8. The van der Waals surface area contributed by atoms with Crippen molar-refractivity contribution >= 4 is 83.0 Å². The molecule has 0 aromatic rings. The van der Waals surface area contributed by atoms with E-state index in [-0.39, 0.29) is 0 Å². The molecule has 0 saturated heterocycles. The van der Waals surface area contributed by atoms with E-state index >= 15 is 0 Å². The van der Waals surface area contributed by atoms with Crippen molar-refractivity contribution in [1.29, 1.82) is 0 Å². The third kappa shape index (κ3) is 6.24. The van der Waals surface area contributed by atoms with Crippen molar-refractivity contribution in [2.24, 2.45) is 30.9 Å². The van der Waals surface area contributed by atoms with E-state index in [2.05, 4.69) is 59.5 Å². The maximum Gasteiger partial charge on any atom is 0.812 e. The second-order valence-corrected chi connectivity index (χ2v) is 4.85. The lowest BCUT2D eigenvalue weighted by atomic mass is 10.2. The van der Waals surface area contributed by atoms with Gasteiger partial charge in [0.05, 0.1) is 0 Å². The Bertz CT molecular complexity index is 605. The smallest absolute Gasteiger partial charge is 0.510 e. The lowest BCUT2D eigenvalue weighted by Crippen LogP contribution is -2.38. The Kier molecular flexibility index (Phi) is 6.22. The summed E-state index contributed by atoms with van der Waals surface area (Å²) in [5.41, 5.74) is 0.